The van der Waals surface area contributed by atoms with Crippen LogP contribution in [0.15, 0.2) is 30.3 Å². The Bertz CT molecular complexity index is 1230. The van der Waals surface area contributed by atoms with Crippen molar-refractivity contribution >= 4 is 45.0 Å². The van der Waals surface area contributed by atoms with Crippen LogP contribution in [-0.2, 0) is 11.3 Å². The fourth-order valence-electron chi connectivity index (χ4n) is 6.82. The third-order valence-electron chi connectivity index (χ3n) is 7.92. The fourth-order valence-corrected chi connectivity index (χ4v) is 8.07. The van der Waals surface area contributed by atoms with Crippen molar-refractivity contribution in [2.24, 2.45) is 23.2 Å². The average Bonchev–Trinajstić information content (AvgIpc) is 3.34. The molecule has 0 spiro atoms. The predicted molar refractivity (Wildman–Crippen MR) is 129 cm³/mol. The van der Waals surface area contributed by atoms with E-state index < -0.39 is 0 Å². The first-order valence-electron chi connectivity index (χ1n) is 11.7. The molecule has 33 heavy (non-hydrogen) atoms. The number of hydrogen-bond donors (Lipinski definition) is 2. The molecule has 4 fully saturated rings. The van der Waals surface area contributed by atoms with E-state index in [1.165, 1.54) is 30.6 Å². The van der Waals surface area contributed by atoms with Crippen LogP contribution in [0.25, 0.3) is 10.2 Å². The summed E-state index contributed by atoms with van der Waals surface area (Å²) in [7, 11) is 0. The number of aromatic nitrogens is 2. The lowest BCUT2D eigenvalue weighted by Crippen LogP contribution is -2.56. The Hall–Kier alpha value is -2.38. The minimum absolute atomic E-state index is 0.00265. The highest BCUT2D eigenvalue weighted by Crippen LogP contribution is 2.60. The molecule has 4 bridgehead atoms. The quantitative estimate of drug-likeness (QED) is 0.509. The van der Waals surface area contributed by atoms with Crippen molar-refractivity contribution < 1.29 is 9.59 Å². The number of nitrogens with zero attached hydrogens (tertiary/aromatic N) is 2. The summed E-state index contributed by atoms with van der Waals surface area (Å²) in [4.78, 5) is 27.5. The smallest absolute Gasteiger partial charge is 0.273 e. The second-order valence-corrected chi connectivity index (χ2v) is 11.7. The van der Waals surface area contributed by atoms with Crippen LogP contribution in [0.2, 0.25) is 5.02 Å². The van der Waals surface area contributed by atoms with Crippen LogP contribution in [0.1, 0.15) is 59.5 Å². The molecule has 0 unspecified atom stereocenters. The molecule has 8 heteroatoms. The summed E-state index contributed by atoms with van der Waals surface area (Å²) >= 11 is 7.71. The van der Waals surface area contributed by atoms with Gasteiger partial charge in [0.25, 0.3) is 5.91 Å². The Labute approximate surface area is 201 Å². The van der Waals surface area contributed by atoms with Gasteiger partial charge in [0.1, 0.15) is 4.83 Å². The van der Waals surface area contributed by atoms with Gasteiger partial charge in [-0.15, -0.1) is 11.3 Å². The van der Waals surface area contributed by atoms with Crippen LogP contribution in [0.3, 0.4) is 0 Å². The molecule has 1 aromatic carbocycles. The van der Waals surface area contributed by atoms with Crippen LogP contribution in [0.5, 0.6) is 0 Å². The number of hydrogen-bond acceptors (Lipinski definition) is 4. The standard InChI is InChI=1S/C25H27ClN4O2S/c1-14-19-9-21(33-23(19)30(29-14)13-18-4-2-3-5-20(18)26)22(31)27-28-24(32)25-10-15-6-16(11-25)8-17(7-15)12-25/h2-5,9,15-17H,6-8,10-13H2,1H3,(H,27,31)(H,28,32). The average molecular weight is 483 g/mol. The maximum Gasteiger partial charge on any atom is 0.279 e. The van der Waals surface area contributed by atoms with Gasteiger partial charge in [-0.05, 0) is 80.9 Å². The largest absolute Gasteiger partial charge is 0.279 e. The van der Waals surface area contributed by atoms with E-state index in [1.807, 2.05) is 41.9 Å². The Morgan fingerprint density at radius 2 is 1.79 bits per heavy atom. The maximum atomic E-state index is 13.1. The van der Waals surface area contributed by atoms with Crippen LogP contribution in [0.4, 0.5) is 0 Å². The molecule has 6 nitrogen and oxygen atoms in total. The van der Waals surface area contributed by atoms with Gasteiger partial charge in [0, 0.05) is 10.4 Å². The highest BCUT2D eigenvalue weighted by Gasteiger charge is 2.54. The normalized spacial score (nSPS) is 27.8. The first-order chi connectivity index (χ1) is 15.9. The van der Waals surface area contributed by atoms with Gasteiger partial charge in [-0.2, -0.15) is 5.10 Å². The highest BCUT2D eigenvalue weighted by molar-refractivity contribution is 7.20. The SMILES string of the molecule is Cc1nn(Cc2ccccc2Cl)c2sc(C(=O)NNC(=O)C34CC5CC(CC(C5)C3)C4)cc12. The van der Waals surface area contributed by atoms with Crippen molar-refractivity contribution in [2.75, 3.05) is 0 Å². The minimum atomic E-state index is -0.283. The Balaban J connectivity index is 1.17. The fraction of sp³-hybridized carbons (Fsp3) is 0.480. The molecule has 4 aliphatic rings. The zero-order valence-corrected chi connectivity index (χ0v) is 20.1. The summed E-state index contributed by atoms with van der Waals surface area (Å²) < 4.78 is 1.89. The van der Waals surface area contributed by atoms with E-state index in [1.54, 1.807) is 0 Å². The van der Waals surface area contributed by atoms with Crippen LogP contribution in [0, 0.1) is 30.1 Å². The number of fused-ring (bicyclic) bond motifs is 1. The van der Waals surface area contributed by atoms with Gasteiger partial charge in [0.2, 0.25) is 5.91 Å². The Kier molecular flexibility index (Phi) is 5.03. The van der Waals surface area contributed by atoms with Crippen LogP contribution >= 0.6 is 22.9 Å². The summed E-state index contributed by atoms with van der Waals surface area (Å²) in [5.74, 6) is 1.77. The lowest BCUT2D eigenvalue weighted by atomic mass is 9.49. The first-order valence-corrected chi connectivity index (χ1v) is 12.9. The predicted octanol–water partition coefficient (Wildman–Crippen LogP) is 5.09. The number of aryl methyl sites for hydroxylation is 1. The first kappa shape index (κ1) is 21.2. The van der Waals surface area contributed by atoms with Gasteiger partial charge >= 0.3 is 0 Å². The number of rotatable bonds is 4. The van der Waals surface area contributed by atoms with E-state index in [-0.39, 0.29) is 17.2 Å². The summed E-state index contributed by atoms with van der Waals surface area (Å²) in [5, 5.41) is 6.28. The molecule has 4 aliphatic carbocycles. The van der Waals surface area contributed by atoms with E-state index in [0.717, 1.165) is 40.7 Å². The Morgan fingerprint density at radius 3 is 2.45 bits per heavy atom. The number of halogens is 1. The topological polar surface area (TPSA) is 76.0 Å². The van der Waals surface area contributed by atoms with Crippen molar-refractivity contribution in [2.45, 2.75) is 52.0 Å². The van der Waals surface area contributed by atoms with Crippen molar-refractivity contribution in [3.63, 3.8) is 0 Å². The van der Waals surface area contributed by atoms with E-state index in [2.05, 4.69) is 16.0 Å². The molecule has 2 heterocycles. The molecule has 0 atom stereocenters. The van der Waals surface area contributed by atoms with E-state index >= 15 is 0 Å². The number of thiophene rings is 1. The van der Waals surface area contributed by atoms with Crippen LogP contribution < -0.4 is 10.9 Å². The molecular formula is C25H27ClN4O2S. The lowest BCUT2D eigenvalue weighted by molar-refractivity contribution is -0.147. The number of carbonyl (C=O) groups excluding carboxylic acids is 2. The third-order valence-corrected chi connectivity index (χ3v) is 9.43. The van der Waals surface area contributed by atoms with E-state index in [4.69, 9.17) is 11.6 Å². The Morgan fingerprint density at radius 1 is 1.12 bits per heavy atom. The molecule has 4 saturated carbocycles. The lowest BCUT2D eigenvalue weighted by Gasteiger charge is -2.55. The number of benzene rings is 1. The number of carbonyl (C=O) groups is 2. The minimum Gasteiger partial charge on any atom is -0.273 e. The molecule has 172 valence electrons. The molecule has 7 rings (SSSR count). The van der Waals surface area contributed by atoms with Crippen LogP contribution in [-0.4, -0.2) is 21.6 Å². The van der Waals surface area contributed by atoms with Crippen molar-refractivity contribution in [1.29, 1.82) is 0 Å². The summed E-state index contributed by atoms with van der Waals surface area (Å²) in [6.07, 6.45) is 6.77. The van der Waals surface area contributed by atoms with Gasteiger partial charge in [-0.3, -0.25) is 25.1 Å². The van der Waals surface area contributed by atoms with Gasteiger partial charge in [-0.25, -0.2) is 0 Å². The number of amides is 2. The van der Waals surface area contributed by atoms with E-state index in [0.29, 0.717) is 34.2 Å². The zero-order valence-electron chi connectivity index (χ0n) is 18.6. The highest BCUT2D eigenvalue weighted by atomic mass is 35.5. The van der Waals surface area contributed by atoms with Crippen molar-refractivity contribution in [1.82, 2.24) is 20.6 Å². The van der Waals surface area contributed by atoms with Gasteiger partial charge < -0.3 is 0 Å². The molecule has 0 saturated heterocycles. The second-order valence-electron chi connectivity index (χ2n) is 10.3. The van der Waals surface area contributed by atoms with Gasteiger partial charge in [0.05, 0.1) is 22.5 Å². The van der Waals surface area contributed by atoms with Crippen molar-refractivity contribution in [3.8, 4) is 0 Å². The summed E-state index contributed by atoms with van der Waals surface area (Å²) in [5.41, 5.74) is 7.03. The third kappa shape index (κ3) is 3.66. The second kappa shape index (κ2) is 7.84. The molecule has 2 aromatic heterocycles. The molecule has 2 amide bonds. The molecule has 3 aromatic rings. The van der Waals surface area contributed by atoms with E-state index in [9.17, 15) is 9.59 Å². The van der Waals surface area contributed by atoms with Crippen molar-refractivity contribution in [3.05, 3.63) is 51.5 Å². The summed E-state index contributed by atoms with van der Waals surface area (Å²) in [6.45, 7) is 2.48. The number of nitrogens with one attached hydrogen (secondary N) is 2. The summed E-state index contributed by atoms with van der Waals surface area (Å²) in [6, 6.07) is 9.56. The number of hydrazine groups is 1. The molecule has 2 N–H and O–H groups in total. The maximum absolute atomic E-state index is 13.1. The monoisotopic (exact) mass is 482 g/mol. The molecule has 0 aliphatic heterocycles. The van der Waals surface area contributed by atoms with Gasteiger partial charge in [-0.1, -0.05) is 29.8 Å². The molecular weight excluding hydrogens is 456 g/mol. The molecule has 0 radical (unpaired) electrons. The zero-order chi connectivity index (χ0) is 22.7. The van der Waals surface area contributed by atoms with Gasteiger partial charge in [0.15, 0.2) is 0 Å².